The Balaban J connectivity index is 1.53. The third kappa shape index (κ3) is 3.04. The number of fused-ring (bicyclic) bond motifs is 1. The van der Waals surface area contributed by atoms with Crippen molar-refractivity contribution in [3.05, 3.63) is 94.5 Å². The Morgan fingerprint density at radius 1 is 0.862 bits per heavy atom. The van der Waals surface area contributed by atoms with Crippen LogP contribution in [0.2, 0.25) is 0 Å². The maximum atomic E-state index is 10.9. The molecule has 0 fully saturated rings. The van der Waals surface area contributed by atoms with E-state index in [9.17, 15) is 10.1 Å². The number of non-ortho nitro benzene ring substituents is 1. The zero-order chi connectivity index (χ0) is 19.8. The van der Waals surface area contributed by atoms with E-state index in [1.807, 2.05) is 22.9 Å². The average molecular weight is 382 g/mol. The fourth-order valence-corrected chi connectivity index (χ4v) is 3.76. The van der Waals surface area contributed by atoms with Gasteiger partial charge in [-0.15, -0.1) is 0 Å². The molecular formula is C23H18N4O2. The van der Waals surface area contributed by atoms with E-state index in [1.165, 1.54) is 28.8 Å². The van der Waals surface area contributed by atoms with E-state index < -0.39 is 4.92 Å². The molecule has 142 valence electrons. The van der Waals surface area contributed by atoms with Gasteiger partial charge in [0.2, 0.25) is 0 Å². The number of rotatable bonds is 4. The number of hydrogen-bond acceptors (Lipinski definition) is 4. The normalized spacial score (nSPS) is 12.4. The van der Waals surface area contributed by atoms with Crippen molar-refractivity contribution in [2.24, 2.45) is 0 Å². The highest BCUT2D eigenvalue weighted by Crippen LogP contribution is 2.35. The summed E-state index contributed by atoms with van der Waals surface area (Å²) >= 11 is 0. The highest BCUT2D eigenvalue weighted by molar-refractivity contribution is 5.75. The van der Waals surface area contributed by atoms with Crippen LogP contribution in [0.4, 0.5) is 11.5 Å². The van der Waals surface area contributed by atoms with E-state index in [4.69, 9.17) is 5.10 Å². The second-order valence-electron chi connectivity index (χ2n) is 6.98. The molecule has 5 rings (SSSR count). The summed E-state index contributed by atoms with van der Waals surface area (Å²) in [6.07, 6.45) is 0.901. The molecule has 2 heterocycles. The second-order valence-corrected chi connectivity index (χ2v) is 6.98. The lowest BCUT2D eigenvalue weighted by Crippen LogP contribution is -2.04. The van der Waals surface area contributed by atoms with Crippen LogP contribution in [0.3, 0.4) is 0 Å². The first kappa shape index (κ1) is 17.2. The lowest BCUT2D eigenvalue weighted by Gasteiger charge is -2.06. The maximum Gasteiger partial charge on any atom is 0.269 e. The number of nitrogens with zero attached hydrogens (tertiary/aromatic N) is 3. The van der Waals surface area contributed by atoms with Crippen LogP contribution < -0.4 is 5.32 Å². The van der Waals surface area contributed by atoms with E-state index in [1.54, 1.807) is 12.1 Å². The van der Waals surface area contributed by atoms with Gasteiger partial charge in [0.1, 0.15) is 5.82 Å². The average Bonchev–Trinajstić information content (AvgIpc) is 3.38. The lowest BCUT2D eigenvalue weighted by molar-refractivity contribution is -0.384. The van der Waals surface area contributed by atoms with E-state index >= 15 is 0 Å². The Labute approximate surface area is 167 Å². The minimum absolute atomic E-state index is 0.0715. The molecule has 0 saturated carbocycles. The fraction of sp³-hybridized carbons (Fsp3) is 0.0870. The van der Waals surface area contributed by atoms with Crippen LogP contribution in [0.15, 0.2) is 78.9 Å². The molecule has 3 aromatic carbocycles. The van der Waals surface area contributed by atoms with E-state index in [2.05, 4.69) is 41.7 Å². The molecule has 0 atom stereocenters. The Bertz CT molecular complexity index is 1180. The van der Waals surface area contributed by atoms with Crippen molar-refractivity contribution in [1.29, 1.82) is 0 Å². The van der Waals surface area contributed by atoms with Gasteiger partial charge in [0.15, 0.2) is 0 Å². The van der Waals surface area contributed by atoms with Gasteiger partial charge in [-0.2, -0.15) is 5.10 Å². The molecule has 0 bridgehead atoms. The first-order chi connectivity index (χ1) is 14.2. The molecule has 6 nitrogen and oxygen atoms in total. The van der Waals surface area contributed by atoms with Crippen molar-refractivity contribution >= 4 is 11.5 Å². The van der Waals surface area contributed by atoms with Crippen LogP contribution in [0.1, 0.15) is 5.56 Å². The lowest BCUT2D eigenvalue weighted by atomic mass is 10.0. The number of aromatic nitrogens is 2. The van der Waals surface area contributed by atoms with Gasteiger partial charge in [0.25, 0.3) is 5.69 Å². The fourth-order valence-electron chi connectivity index (χ4n) is 3.76. The largest absolute Gasteiger partial charge is 0.369 e. The molecule has 0 unspecified atom stereocenters. The van der Waals surface area contributed by atoms with Gasteiger partial charge in [-0.3, -0.25) is 10.1 Å². The van der Waals surface area contributed by atoms with Gasteiger partial charge < -0.3 is 5.32 Å². The Morgan fingerprint density at radius 3 is 2.21 bits per heavy atom. The molecule has 6 heteroatoms. The first-order valence-electron chi connectivity index (χ1n) is 9.47. The van der Waals surface area contributed by atoms with E-state index in [0.29, 0.717) is 0 Å². The first-order valence-corrected chi connectivity index (χ1v) is 9.47. The second kappa shape index (κ2) is 6.91. The molecule has 0 radical (unpaired) electrons. The van der Waals surface area contributed by atoms with Crippen LogP contribution in [0.5, 0.6) is 0 Å². The SMILES string of the molecule is O=[N+]([O-])c1ccc(-n2nc(-c3ccc(-c4ccccc4)cc3)c3c2NCC3)cc1. The predicted octanol–water partition coefficient (Wildman–Crippen LogP) is 5.08. The highest BCUT2D eigenvalue weighted by Gasteiger charge is 2.24. The standard InChI is InChI=1S/C23H18N4O2/c28-27(29)20-12-10-19(11-13-20)26-23-21(14-15-24-23)22(25-26)18-8-6-17(7-9-18)16-4-2-1-3-5-16/h1-13,24H,14-15H2. The predicted molar refractivity (Wildman–Crippen MR) is 113 cm³/mol. The van der Waals surface area contributed by atoms with Crippen molar-refractivity contribution in [1.82, 2.24) is 9.78 Å². The minimum Gasteiger partial charge on any atom is -0.369 e. The van der Waals surface area contributed by atoms with Crippen molar-refractivity contribution in [2.45, 2.75) is 6.42 Å². The van der Waals surface area contributed by atoms with Crippen molar-refractivity contribution in [3.8, 4) is 28.1 Å². The Kier molecular flexibility index (Phi) is 4.09. The summed E-state index contributed by atoms with van der Waals surface area (Å²) in [5.74, 6) is 0.959. The number of benzene rings is 3. The summed E-state index contributed by atoms with van der Waals surface area (Å²) in [7, 11) is 0. The molecule has 0 saturated heterocycles. The van der Waals surface area contributed by atoms with Gasteiger partial charge >= 0.3 is 0 Å². The molecular weight excluding hydrogens is 364 g/mol. The van der Waals surface area contributed by atoms with Gasteiger partial charge in [0.05, 0.1) is 16.3 Å². The van der Waals surface area contributed by atoms with Gasteiger partial charge in [-0.25, -0.2) is 4.68 Å². The van der Waals surface area contributed by atoms with E-state index in [0.717, 1.165) is 35.7 Å². The van der Waals surface area contributed by atoms with Crippen molar-refractivity contribution < 1.29 is 4.92 Å². The summed E-state index contributed by atoms with van der Waals surface area (Å²) in [5, 5.41) is 19.2. The van der Waals surface area contributed by atoms with Crippen molar-refractivity contribution in [2.75, 3.05) is 11.9 Å². The zero-order valence-corrected chi connectivity index (χ0v) is 15.6. The molecule has 4 aromatic rings. The van der Waals surface area contributed by atoms with Crippen LogP contribution in [-0.4, -0.2) is 21.2 Å². The Morgan fingerprint density at radius 2 is 1.52 bits per heavy atom. The summed E-state index contributed by atoms with van der Waals surface area (Å²) < 4.78 is 1.84. The number of hydrogen-bond donors (Lipinski definition) is 1. The molecule has 1 aliphatic rings. The number of nitro groups is 1. The zero-order valence-electron chi connectivity index (χ0n) is 15.6. The third-order valence-corrected chi connectivity index (χ3v) is 5.22. The summed E-state index contributed by atoms with van der Waals surface area (Å²) in [6, 6.07) is 25.2. The van der Waals surface area contributed by atoms with Crippen LogP contribution in [0.25, 0.3) is 28.1 Å². The van der Waals surface area contributed by atoms with E-state index in [-0.39, 0.29) is 5.69 Å². The van der Waals surface area contributed by atoms with Crippen LogP contribution >= 0.6 is 0 Å². The van der Waals surface area contributed by atoms with Gasteiger partial charge in [-0.05, 0) is 29.7 Å². The summed E-state index contributed by atoms with van der Waals surface area (Å²) in [5.41, 5.74) is 6.40. The third-order valence-electron chi connectivity index (χ3n) is 5.22. The molecule has 0 aliphatic carbocycles. The minimum atomic E-state index is -0.394. The van der Waals surface area contributed by atoms with Gasteiger partial charge in [-0.1, -0.05) is 54.6 Å². The topological polar surface area (TPSA) is 73.0 Å². The Hall–Kier alpha value is -3.93. The van der Waals surface area contributed by atoms with Crippen LogP contribution in [0, 0.1) is 10.1 Å². The quantitative estimate of drug-likeness (QED) is 0.394. The smallest absolute Gasteiger partial charge is 0.269 e. The molecule has 0 spiro atoms. The number of anilines is 1. The maximum absolute atomic E-state index is 10.9. The monoisotopic (exact) mass is 382 g/mol. The highest BCUT2D eigenvalue weighted by atomic mass is 16.6. The summed E-state index contributed by atoms with van der Waals surface area (Å²) in [4.78, 5) is 10.5. The number of nitrogens with one attached hydrogen (secondary N) is 1. The molecule has 1 aromatic heterocycles. The van der Waals surface area contributed by atoms with Gasteiger partial charge in [0, 0.05) is 29.8 Å². The molecule has 29 heavy (non-hydrogen) atoms. The number of nitro benzene ring substituents is 1. The summed E-state index contributed by atoms with van der Waals surface area (Å²) in [6.45, 7) is 0.856. The van der Waals surface area contributed by atoms with Crippen molar-refractivity contribution in [3.63, 3.8) is 0 Å². The molecule has 1 N–H and O–H groups in total. The molecule has 0 amide bonds. The van der Waals surface area contributed by atoms with Crippen LogP contribution in [-0.2, 0) is 6.42 Å². The molecule has 1 aliphatic heterocycles.